The van der Waals surface area contributed by atoms with Gasteiger partial charge in [-0.15, -0.1) is 10.2 Å². The van der Waals surface area contributed by atoms with E-state index in [1.807, 2.05) is 30.3 Å². The number of anilines is 1. The highest BCUT2D eigenvalue weighted by molar-refractivity contribution is 8.00. The highest BCUT2D eigenvalue weighted by Crippen LogP contribution is 2.31. The number of carbonyl (C=O) groups excluding carboxylic acids is 1. The second-order valence-corrected chi connectivity index (χ2v) is 7.71. The highest BCUT2D eigenvalue weighted by atomic mass is 32.2. The lowest BCUT2D eigenvalue weighted by molar-refractivity contribution is -0.137. The van der Waals surface area contributed by atoms with Crippen molar-refractivity contribution in [3.8, 4) is 5.75 Å². The predicted molar refractivity (Wildman–Crippen MR) is 101 cm³/mol. The van der Waals surface area contributed by atoms with Crippen molar-refractivity contribution in [1.82, 2.24) is 10.2 Å². The number of hydrogen-bond acceptors (Lipinski definition) is 6. The lowest BCUT2D eigenvalue weighted by Gasteiger charge is -2.09. The van der Waals surface area contributed by atoms with E-state index < -0.39 is 24.3 Å². The Hall–Kier alpha value is -2.59. The van der Waals surface area contributed by atoms with Crippen LogP contribution in [-0.4, -0.2) is 22.7 Å². The number of halogens is 3. The molecule has 10 heteroatoms. The molecule has 1 heterocycles. The number of nitrogens with one attached hydrogen (secondary N) is 1. The molecule has 0 aliphatic rings. The lowest BCUT2D eigenvalue weighted by atomic mass is 10.2. The molecular weight excluding hydrogens is 411 g/mol. The van der Waals surface area contributed by atoms with Gasteiger partial charge in [0.25, 0.3) is 5.91 Å². The van der Waals surface area contributed by atoms with Crippen LogP contribution < -0.4 is 10.1 Å². The number of carbonyl (C=O) groups is 1. The molecule has 0 fully saturated rings. The molecule has 0 aliphatic heterocycles. The minimum absolute atomic E-state index is 0.0404. The molecule has 5 nitrogen and oxygen atoms in total. The molecule has 0 aliphatic carbocycles. The van der Waals surface area contributed by atoms with Crippen molar-refractivity contribution in [3.05, 3.63) is 65.7 Å². The van der Waals surface area contributed by atoms with E-state index in [0.29, 0.717) is 9.47 Å². The van der Waals surface area contributed by atoms with Crippen LogP contribution in [0.15, 0.2) is 58.9 Å². The van der Waals surface area contributed by atoms with Crippen LogP contribution in [0.25, 0.3) is 0 Å². The zero-order chi connectivity index (χ0) is 20.0. The van der Waals surface area contributed by atoms with E-state index in [-0.39, 0.29) is 5.75 Å². The van der Waals surface area contributed by atoms with Crippen LogP contribution in [0.4, 0.5) is 18.3 Å². The number of nitrogens with zero attached hydrogens (tertiary/aromatic N) is 2. The molecule has 0 saturated heterocycles. The number of benzene rings is 2. The van der Waals surface area contributed by atoms with Crippen LogP contribution >= 0.6 is 23.1 Å². The third-order valence-corrected chi connectivity index (χ3v) is 5.43. The van der Waals surface area contributed by atoms with Crippen LogP contribution in [0.5, 0.6) is 5.75 Å². The van der Waals surface area contributed by atoms with Crippen molar-refractivity contribution in [2.75, 3.05) is 11.9 Å². The van der Waals surface area contributed by atoms with Crippen molar-refractivity contribution >= 4 is 34.1 Å². The topological polar surface area (TPSA) is 64.1 Å². The summed E-state index contributed by atoms with van der Waals surface area (Å²) in [5, 5.41) is 10.7. The molecule has 0 radical (unpaired) electrons. The zero-order valence-corrected chi connectivity index (χ0v) is 15.9. The van der Waals surface area contributed by atoms with Gasteiger partial charge in [-0.1, -0.05) is 59.5 Å². The Morgan fingerprint density at radius 1 is 1.11 bits per heavy atom. The number of thioether (sulfide) groups is 1. The van der Waals surface area contributed by atoms with Gasteiger partial charge in [0, 0.05) is 5.75 Å². The summed E-state index contributed by atoms with van der Waals surface area (Å²) in [4.78, 5) is 11.9. The molecule has 28 heavy (non-hydrogen) atoms. The molecule has 2 aromatic carbocycles. The number of hydrogen-bond donors (Lipinski definition) is 1. The van der Waals surface area contributed by atoms with Gasteiger partial charge in [-0.25, -0.2) is 0 Å². The van der Waals surface area contributed by atoms with Crippen molar-refractivity contribution < 1.29 is 22.7 Å². The number of alkyl halides is 3. The first kappa shape index (κ1) is 20.2. The highest BCUT2D eigenvalue weighted by Gasteiger charge is 2.30. The Balaban J connectivity index is 1.48. The van der Waals surface area contributed by atoms with Crippen LogP contribution in [0.3, 0.4) is 0 Å². The largest absolute Gasteiger partial charge is 0.484 e. The number of aromatic nitrogens is 2. The Kier molecular flexibility index (Phi) is 6.53. The van der Waals surface area contributed by atoms with Crippen LogP contribution in [-0.2, 0) is 16.7 Å². The minimum Gasteiger partial charge on any atom is -0.484 e. The second-order valence-electron chi connectivity index (χ2n) is 5.51. The average molecular weight is 425 g/mol. The van der Waals surface area contributed by atoms with E-state index in [0.717, 1.165) is 23.4 Å². The van der Waals surface area contributed by atoms with E-state index in [1.54, 1.807) is 0 Å². The first-order chi connectivity index (χ1) is 13.4. The molecule has 0 atom stereocenters. The molecule has 0 unspecified atom stereocenters. The molecule has 0 bridgehead atoms. The van der Waals surface area contributed by atoms with Gasteiger partial charge in [-0.05, 0) is 23.8 Å². The molecule has 0 saturated carbocycles. The van der Waals surface area contributed by atoms with Crippen molar-refractivity contribution in [3.63, 3.8) is 0 Å². The van der Waals surface area contributed by atoms with Crippen molar-refractivity contribution in [2.24, 2.45) is 0 Å². The van der Waals surface area contributed by atoms with Gasteiger partial charge in [0.05, 0.1) is 5.56 Å². The maximum Gasteiger partial charge on any atom is 0.416 e. The lowest BCUT2D eigenvalue weighted by Crippen LogP contribution is -2.20. The maximum absolute atomic E-state index is 12.7. The van der Waals surface area contributed by atoms with Crippen LogP contribution in [0.1, 0.15) is 11.1 Å². The maximum atomic E-state index is 12.7. The summed E-state index contributed by atoms with van der Waals surface area (Å²) >= 11 is 2.70. The smallest absolute Gasteiger partial charge is 0.416 e. The Labute approximate surface area is 166 Å². The van der Waals surface area contributed by atoms with E-state index in [2.05, 4.69) is 15.5 Å². The summed E-state index contributed by atoms with van der Waals surface area (Å²) in [6.07, 6.45) is -4.47. The third-order valence-electron chi connectivity index (χ3n) is 3.39. The number of ether oxygens (including phenoxy) is 1. The molecule has 3 rings (SSSR count). The number of amides is 1. The second kappa shape index (κ2) is 9.07. The summed E-state index contributed by atoms with van der Waals surface area (Å²) in [6.45, 7) is -0.437. The molecule has 0 spiro atoms. The van der Waals surface area contributed by atoms with Crippen LogP contribution in [0, 0.1) is 0 Å². The molecule has 1 N–H and O–H groups in total. The predicted octanol–water partition coefficient (Wildman–Crippen LogP) is 4.87. The molecule has 1 amide bonds. The zero-order valence-electron chi connectivity index (χ0n) is 14.3. The van der Waals surface area contributed by atoms with E-state index in [4.69, 9.17) is 4.74 Å². The number of rotatable bonds is 7. The average Bonchev–Trinajstić information content (AvgIpc) is 3.12. The third kappa shape index (κ3) is 5.96. The Morgan fingerprint density at radius 3 is 2.64 bits per heavy atom. The van der Waals surface area contributed by atoms with E-state index in [1.165, 1.54) is 35.2 Å². The normalized spacial score (nSPS) is 11.2. The summed E-state index contributed by atoms with van der Waals surface area (Å²) in [6, 6.07) is 14.2. The van der Waals surface area contributed by atoms with Gasteiger partial charge in [0.2, 0.25) is 5.13 Å². The Morgan fingerprint density at radius 2 is 1.89 bits per heavy atom. The quantitative estimate of drug-likeness (QED) is 0.432. The monoisotopic (exact) mass is 425 g/mol. The van der Waals surface area contributed by atoms with E-state index >= 15 is 0 Å². The van der Waals surface area contributed by atoms with Crippen LogP contribution in [0.2, 0.25) is 0 Å². The van der Waals surface area contributed by atoms with Gasteiger partial charge in [0.15, 0.2) is 10.9 Å². The summed E-state index contributed by atoms with van der Waals surface area (Å²) < 4.78 is 43.9. The first-order valence-electron chi connectivity index (χ1n) is 8.00. The molecule has 146 valence electrons. The van der Waals surface area contributed by atoms with Crippen molar-refractivity contribution in [1.29, 1.82) is 0 Å². The fraction of sp³-hybridized carbons (Fsp3) is 0.167. The van der Waals surface area contributed by atoms with Gasteiger partial charge in [-0.3, -0.25) is 10.1 Å². The SMILES string of the molecule is O=C(COc1cccc(C(F)(F)F)c1)Nc1nnc(SCc2ccccc2)s1. The van der Waals surface area contributed by atoms with Gasteiger partial charge < -0.3 is 4.74 Å². The standard InChI is InChI=1S/C18H14F3N3O2S2/c19-18(20,21)13-7-4-8-14(9-13)26-10-15(25)22-16-23-24-17(28-16)27-11-12-5-2-1-3-6-12/h1-9H,10-11H2,(H,22,23,25). The fourth-order valence-corrected chi connectivity index (χ4v) is 3.83. The van der Waals surface area contributed by atoms with Crippen molar-refractivity contribution in [2.45, 2.75) is 16.3 Å². The molecular formula is C18H14F3N3O2S2. The first-order valence-corrected chi connectivity index (χ1v) is 9.80. The van der Waals surface area contributed by atoms with Gasteiger partial charge >= 0.3 is 6.18 Å². The van der Waals surface area contributed by atoms with E-state index in [9.17, 15) is 18.0 Å². The molecule has 1 aromatic heterocycles. The minimum atomic E-state index is -4.47. The summed E-state index contributed by atoms with van der Waals surface area (Å²) in [5.41, 5.74) is 0.303. The van der Waals surface area contributed by atoms with Gasteiger partial charge in [-0.2, -0.15) is 13.2 Å². The summed E-state index contributed by atoms with van der Waals surface area (Å²) in [5.74, 6) is 0.150. The molecule has 3 aromatic rings. The fourth-order valence-electron chi connectivity index (χ4n) is 2.10. The summed E-state index contributed by atoms with van der Waals surface area (Å²) in [7, 11) is 0. The van der Waals surface area contributed by atoms with Gasteiger partial charge in [0.1, 0.15) is 5.75 Å². The Bertz CT molecular complexity index is 933.